The topological polar surface area (TPSA) is 95.2 Å². The second-order valence-corrected chi connectivity index (χ2v) is 8.97. The molecule has 0 spiro atoms. The second kappa shape index (κ2) is 9.15. The first-order chi connectivity index (χ1) is 16.6. The Morgan fingerprint density at radius 3 is 2.26 bits per heavy atom. The molecule has 3 amide bonds. The number of fused-ring (bicyclic) bond motifs is 2. The molecule has 5 rings (SSSR count). The highest BCUT2D eigenvalue weighted by Gasteiger charge is 2.36. The van der Waals surface area contributed by atoms with E-state index in [4.69, 9.17) is 0 Å². The number of imide groups is 1. The summed E-state index contributed by atoms with van der Waals surface area (Å²) in [4.78, 5) is 47.6. The Balaban J connectivity index is 1.35. The highest BCUT2D eigenvalue weighted by Crippen LogP contribution is 2.28. The number of nitrogens with zero attached hydrogens (tertiary/aromatic N) is 2. The molecule has 170 valence electrons. The molecule has 1 atom stereocenters. The maximum Gasteiger partial charge on any atom is 0.266 e. The summed E-state index contributed by atoms with van der Waals surface area (Å²) in [6.07, 6.45) is 2.75. The van der Waals surface area contributed by atoms with Gasteiger partial charge in [0.05, 0.1) is 33.9 Å². The molecule has 0 saturated carbocycles. The maximum absolute atomic E-state index is 13.0. The first-order valence-electron chi connectivity index (χ1n) is 10.9. The van der Waals surface area contributed by atoms with Gasteiger partial charge in [-0.25, -0.2) is 9.88 Å². The molecule has 0 fully saturated rings. The van der Waals surface area contributed by atoms with Crippen LogP contribution in [0.15, 0.2) is 72.8 Å². The number of imidazole rings is 1. The van der Waals surface area contributed by atoms with Gasteiger partial charge in [-0.3, -0.25) is 14.4 Å². The van der Waals surface area contributed by atoms with Crippen LogP contribution in [0.3, 0.4) is 0 Å². The molecular formula is C26H22N4O3S. The van der Waals surface area contributed by atoms with Gasteiger partial charge in [-0.15, -0.1) is 0 Å². The molecule has 8 heteroatoms. The van der Waals surface area contributed by atoms with Crippen molar-refractivity contribution >= 4 is 46.2 Å². The van der Waals surface area contributed by atoms with E-state index in [9.17, 15) is 14.4 Å². The average molecular weight is 471 g/mol. The average Bonchev–Trinajstić information content (AvgIpc) is 3.41. The number of anilines is 1. The van der Waals surface area contributed by atoms with Gasteiger partial charge in [0, 0.05) is 5.56 Å². The van der Waals surface area contributed by atoms with Crippen molar-refractivity contribution in [2.24, 2.45) is 0 Å². The molecular weight excluding hydrogens is 448 g/mol. The Bertz CT molecular complexity index is 1330. The predicted octanol–water partition coefficient (Wildman–Crippen LogP) is 4.59. The van der Waals surface area contributed by atoms with Crippen LogP contribution in [0.5, 0.6) is 0 Å². The lowest BCUT2D eigenvalue weighted by atomic mass is 10.1. The summed E-state index contributed by atoms with van der Waals surface area (Å²) < 4.78 is 0. The normalized spacial score (nSPS) is 13.9. The molecule has 0 bridgehead atoms. The number of H-pyrrole nitrogens is 1. The zero-order chi connectivity index (χ0) is 23.7. The van der Waals surface area contributed by atoms with Gasteiger partial charge in [0.2, 0.25) is 0 Å². The molecule has 0 unspecified atom stereocenters. The first kappa shape index (κ1) is 21.9. The Labute approximate surface area is 200 Å². The quantitative estimate of drug-likeness (QED) is 0.385. The van der Waals surface area contributed by atoms with Crippen LogP contribution in [0.4, 0.5) is 5.69 Å². The fraction of sp³-hybridized carbons (Fsp3) is 0.154. The highest BCUT2D eigenvalue weighted by atomic mass is 32.2. The number of hydrogen-bond acceptors (Lipinski definition) is 5. The number of carbonyl (C=O) groups excluding carboxylic acids is 3. The van der Waals surface area contributed by atoms with Gasteiger partial charge in [0.25, 0.3) is 17.7 Å². The molecule has 0 radical (unpaired) electrons. The summed E-state index contributed by atoms with van der Waals surface area (Å²) in [5.74, 6) is 0.604. The van der Waals surface area contributed by atoms with Gasteiger partial charge in [-0.2, -0.15) is 11.8 Å². The number of aromatic nitrogens is 2. The van der Waals surface area contributed by atoms with E-state index in [-0.39, 0.29) is 23.8 Å². The number of carbonyl (C=O) groups is 3. The molecule has 34 heavy (non-hydrogen) atoms. The molecule has 0 aliphatic carbocycles. The second-order valence-electron chi connectivity index (χ2n) is 7.98. The third-order valence-electron chi connectivity index (χ3n) is 5.84. The Morgan fingerprint density at radius 1 is 0.971 bits per heavy atom. The van der Waals surface area contributed by atoms with E-state index in [2.05, 4.69) is 15.3 Å². The van der Waals surface area contributed by atoms with Crippen LogP contribution in [-0.4, -0.2) is 39.7 Å². The summed E-state index contributed by atoms with van der Waals surface area (Å²) >= 11 is 1.70. The van der Waals surface area contributed by atoms with Crippen LogP contribution in [0.1, 0.15) is 49.4 Å². The lowest BCUT2D eigenvalue weighted by Crippen LogP contribution is -2.31. The Hall–Kier alpha value is -3.91. The third-order valence-corrected chi connectivity index (χ3v) is 6.48. The van der Waals surface area contributed by atoms with Gasteiger partial charge < -0.3 is 10.3 Å². The van der Waals surface area contributed by atoms with Crippen LogP contribution < -0.4 is 10.2 Å². The minimum atomic E-state index is -0.361. The van der Waals surface area contributed by atoms with E-state index < -0.39 is 0 Å². The molecule has 3 aromatic carbocycles. The third kappa shape index (κ3) is 3.97. The minimum Gasteiger partial charge on any atom is -0.342 e. The van der Waals surface area contributed by atoms with Crippen molar-refractivity contribution < 1.29 is 14.4 Å². The molecule has 1 aromatic heterocycles. The summed E-state index contributed by atoms with van der Waals surface area (Å²) in [6, 6.07) is 20.7. The van der Waals surface area contributed by atoms with Gasteiger partial charge in [-0.05, 0) is 67.0 Å². The summed E-state index contributed by atoms with van der Waals surface area (Å²) in [5.41, 5.74) is 3.41. The fourth-order valence-corrected chi connectivity index (χ4v) is 4.55. The number of aromatic amines is 1. The van der Waals surface area contributed by atoms with Crippen LogP contribution in [-0.2, 0) is 0 Å². The summed E-state index contributed by atoms with van der Waals surface area (Å²) in [5, 5.41) is 3.07. The molecule has 7 nitrogen and oxygen atoms in total. The summed E-state index contributed by atoms with van der Waals surface area (Å²) in [7, 11) is 0. The first-order valence-corrected chi connectivity index (χ1v) is 12.3. The maximum atomic E-state index is 13.0. The van der Waals surface area contributed by atoms with Gasteiger partial charge in [0.15, 0.2) is 0 Å². The minimum absolute atomic E-state index is 0.250. The Morgan fingerprint density at radius 2 is 1.62 bits per heavy atom. The summed E-state index contributed by atoms with van der Waals surface area (Å²) in [6.45, 7) is 0. The van der Waals surface area contributed by atoms with Crippen molar-refractivity contribution in [3.05, 3.63) is 95.3 Å². The van der Waals surface area contributed by atoms with E-state index in [0.29, 0.717) is 28.2 Å². The zero-order valence-corrected chi connectivity index (χ0v) is 19.3. The van der Waals surface area contributed by atoms with Crippen LogP contribution in [0, 0.1) is 0 Å². The zero-order valence-electron chi connectivity index (χ0n) is 18.4. The van der Waals surface area contributed by atoms with Gasteiger partial charge in [0.1, 0.15) is 5.82 Å². The number of hydrogen-bond donors (Lipinski definition) is 2. The van der Waals surface area contributed by atoms with Crippen molar-refractivity contribution in [2.75, 3.05) is 16.9 Å². The monoisotopic (exact) mass is 470 g/mol. The molecule has 1 aliphatic rings. The SMILES string of the molecule is CSCC[C@H](NC(=O)c1ccc(N2C(=O)c3ccccc3C2=O)cc1)c1nc2ccccc2[nH]1. The molecule has 1 aliphatic heterocycles. The predicted molar refractivity (Wildman–Crippen MR) is 133 cm³/mol. The smallest absolute Gasteiger partial charge is 0.266 e. The number of benzene rings is 3. The van der Waals surface area contributed by atoms with E-state index in [1.54, 1.807) is 60.3 Å². The number of amides is 3. The lowest BCUT2D eigenvalue weighted by Gasteiger charge is -2.17. The van der Waals surface area contributed by atoms with E-state index >= 15 is 0 Å². The van der Waals surface area contributed by atoms with E-state index in [1.807, 2.05) is 30.5 Å². The van der Waals surface area contributed by atoms with Gasteiger partial charge >= 0.3 is 0 Å². The van der Waals surface area contributed by atoms with Gasteiger partial charge in [-0.1, -0.05) is 24.3 Å². The largest absolute Gasteiger partial charge is 0.342 e. The van der Waals surface area contributed by atoms with Crippen LogP contribution in [0.25, 0.3) is 11.0 Å². The number of rotatable bonds is 7. The Kier molecular flexibility index (Phi) is 5.90. The number of para-hydroxylation sites is 2. The fourth-order valence-electron chi connectivity index (χ4n) is 4.08. The molecule has 0 saturated heterocycles. The molecule has 4 aromatic rings. The number of nitrogens with one attached hydrogen (secondary N) is 2. The van der Waals surface area contributed by atoms with Crippen LogP contribution in [0.2, 0.25) is 0 Å². The molecule has 2 heterocycles. The number of thioether (sulfide) groups is 1. The van der Waals surface area contributed by atoms with Crippen molar-refractivity contribution in [1.82, 2.24) is 15.3 Å². The highest BCUT2D eigenvalue weighted by molar-refractivity contribution is 7.98. The van der Waals surface area contributed by atoms with Crippen molar-refractivity contribution in [3.8, 4) is 0 Å². The van der Waals surface area contributed by atoms with Crippen molar-refractivity contribution in [2.45, 2.75) is 12.5 Å². The standard InChI is InChI=1S/C26H22N4O3S/c1-34-15-14-22(23-27-20-8-4-5-9-21(20)28-23)29-24(31)16-10-12-17(13-11-16)30-25(32)18-6-2-3-7-19(18)26(30)33/h2-13,22H,14-15H2,1H3,(H,27,28)(H,29,31)/t22-/m0/s1. The van der Waals surface area contributed by atoms with E-state index in [0.717, 1.165) is 28.1 Å². The molecule has 2 N–H and O–H groups in total. The van der Waals surface area contributed by atoms with E-state index in [1.165, 1.54) is 0 Å². The van der Waals surface area contributed by atoms with Crippen LogP contribution >= 0.6 is 11.8 Å². The van der Waals surface area contributed by atoms with Crippen molar-refractivity contribution in [3.63, 3.8) is 0 Å². The van der Waals surface area contributed by atoms with Crippen molar-refractivity contribution in [1.29, 1.82) is 0 Å². The lowest BCUT2D eigenvalue weighted by molar-refractivity contribution is 0.0920.